The van der Waals surface area contributed by atoms with Crippen molar-refractivity contribution in [1.29, 1.82) is 0 Å². The second kappa shape index (κ2) is 7.34. The molecule has 0 bridgehead atoms. The Hall–Kier alpha value is -1.75. The van der Waals surface area contributed by atoms with Crippen LogP contribution in [0.3, 0.4) is 0 Å². The van der Waals surface area contributed by atoms with Crippen LogP contribution < -0.4 is 4.90 Å². The summed E-state index contributed by atoms with van der Waals surface area (Å²) < 4.78 is 0. The van der Waals surface area contributed by atoms with E-state index in [4.69, 9.17) is 0 Å². The highest BCUT2D eigenvalue weighted by Crippen LogP contribution is 2.38. The predicted octanol–water partition coefficient (Wildman–Crippen LogP) is 5.58. The van der Waals surface area contributed by atoms with Crippen molar-refractivity contribution in [1.82, 2.24) is 10.2 Å². The number of nitrogens with zero attached hydrogens (tertiary/aromatic N) is 3. The molecule has 0 radical (unpaired) electrons. The largest absolute Gasteiger partial charge is 0.283 e. The van der Waals surface area contributed by atoms with Gasteiger partial charge in [0.2, 0.25) is 11.0 Å². The van der Waals surface area contributed by atoms with Crippen LogP contribution in [0.2, 0.25) is 0 Å². The summed E-state index contributed by atoms with van der Waals surface area (Å²) in [5.74, 6) is 0.475. The van der Waals surface area contributed by atoms with Crippen molar-refractivity contribution in [3.63, 3.8) is 0 Å². The molecule has 5 heteroatoms. The van der Waals surface area contributed by atoms with Gasteiger partial charge in [0, 0.05) is 17.5 Å². The highest BCUT2D eigenvalue weighted by Gasteiger charge is 2.36. The third-order valence-electron chi connectivity index (χ3n) is 6.00. The first kappa shape index (κ1) is 18.6. The number of hydrogen-bond acceptors (Lipinski definition) is 4. The van der Waals surface area contributed by atoms with Crippen LogP contribution in [-0.4, -0.2) is 22.1 Å². The Kier molecular flexibility index (Phi) is 5.06. The fourth-order valence-corrected chi connectivity index (χ4v) is 4.91. The first-order valence-electron chi connectivity index (χ1n) is 10.2. The number of carbonyl (C=O) groups excluding carboxylic acids is 1. The molecule has 0 aliphatic heterocycles. The lowest BCUT2D eigenvalue weighted by molar-refractivity contribution is -0.125. The monoisotopic (exact) mass is 383 g/mol. The van der Waals surface area contributed by atoms with Crippen LogP contribution in [0, 0.1) is 5.92 Å². The van der Waals surface area contributed by atoms with Crippen molar-refractivity contribution in [2.24, 2.45) is 5.92 Å². The van der Waals surface area contributed by atoms with Gasteiger partial charge in [-0.05, 0) is 36.7 Å². The number of hydrogen-bond donors (Lipinski definition) is 0. The molecule has 0 atom stereocenters. The molecule has 2 aliphatic carbocycles. The van der Waals surface area contributed by atoms with Crippen molar-refractivity contribution in [2.75, 3.05) is 4.90 Å². The molecule has 1 heterocycles. The molecule has 0 N–H and O–H groups in total. The minimum absolute atomic E-state index is 0.138. The number of anilines is 1. The molecular weight excluding hydrogens is 354 g/mol. The van der Waals surface area contributed by atoms with Crippen LogP contribution in [0.15, 0.2) is 24.3 Å². The van der Waals surface area contributed by atoms with Gasteiger partial charge in [0.15, 0.2) is 0 Å². The second-order valence-corrected chi connectivity index (χ2v) is 9.95. The molecule has 2 aliphatic rings. The van der Waals surface area contributed by atoms with E-state index >= 15 is 0 Å². The summed E-state index contributed by atoms with van der Waals surface area (Å²) in [5, 5.41) is 10.6. The third-order valence-corrected chi connectivity index (χ3v) is 6.97. The fraction of sp³-hybridized carbons (Fsp3) is 0.591. The normalized spacial score (nSPS) is 18.5. The van der Waals surface area contributed by atoms with Gasteiger partial charge in [-0.25, -0.2) is 0 Å². The molecule has 4 rings (SSSR count). The first-order valence-corrected chi connectivity index (χ1v) is 11.0. The van der Waals surface area contributed by atoms with Crippen molar-refractivity contribution in [2.45, 2.75) is 77.2 Å². The van der Waals surface area contributed by atoms with Crippen molar-refractivity contribution >= 4 is 22.4 Å². The van der Waals surface area contributed by atoms with Gasteiger partial charge in [-0.1, -0.05) is 75.6 Å². The maximum absolute atomic E-state index is 13.1. The Balaban J connectivity index is 1.59. The number of aromatic nitrogens is 2. The zero-order valence-electron chi connectivity index (χ0n) is 16.6. The van der Waals surface area contributed by atoms with Gasteiger partial charge in [0.1, 0.15) is 5.01 Å². The average Bonchev–Trinajstić information content (AvgIpc) is 3.25. The van der Waals surface area contributed by atoms with E-state index in [0.29, 0.717) is 6.04 Å². The van der Waals surface area contributed by atoms with Crippen molar-refractivity contribution < 1.29 is 4.79 Å². The maximum atomic E-state index is 13.1. The van der Waals surface area contributed by atoms with E-state index in [9.17, 15) is 4.79 Å². The Morgan fingerprint density at radius 3 is 2.22 bits per heavy atom. The van der Waals surface area contributed by atoms with Crippen LogP contribution in [0.5, 0.6) is 0 Å². The highest BCUT2D eigenvalue weighted by molar-refractivity contribution is 7.18. The average molecular weight is 384 g/mol. The minimum Gasteiger partial charge on any atom is -0.283 e. The molecule has 4 nitrogen and oxygen atoms in total. The Morgan fingerprint density at radius 1 is 1.00 bits per heavy atom. The van der Waals surface area contributed by atoms with Crippen LogP contribution in [0.4, 0.5) is 5.13 Å². The zero-order chi connectivity index (χ0) is 19.0. The van der Waals surface area contributed by atoms with Gasteiger partial charge in [0.25, 0.3) is 0 Å². The van der Waals surface area contributed by atoms with Crippen LogP contribution in [0.25, 0.3) is 10.6 Å². The molecule has 1 aromatic carbocycles. The third kappa shape index (κ3) is 3.79. The van der Waals surface area contributed by atoms with E-state index in [1.54, 1.807) is 11.3 Å². The van der Waals surface area contributed by atoms with Gasteiger partial charge < -0.3 is 0 Å². The summed E-state index contributed by atoms with van der Waals surface area (Å²) >= 11 is 1.56. The van der Waals surface area contributed by atoms with Crippen molar-refractivity contribution in [3.05, 3.63) is 29.8 Å². The van der Waals surface area contributed by atoms with Crippen LogP contribution >= 0.6 is 11.3 Å². The zero-order valence-corrected chi connectivity index (χ0v) is 17.4. The minimum atomic E-state index is 0.138. The van der Waals surface area contributed by atoms with Gasteiger partial charge in [0.05, 0.1) is 0 Å². The lowest BCUT2D eigenvalue weighted by Gasteiger charge is -2.33. The standard InChI is InChI=1S/C22H29N3OS/c1-22(2,3)17-13-11-15(12-14-17)19-23-24-21(27-19)25(18-9-4-5-10-18)20(26)16-7-6-8-16/h11-14,16,18H,4-10H2,1-3H3. The SMILES string of the molecule is CC(C)(C)c1ccc(-c2nnc(N(C(=O)C3CCC3)C3CCCC3)s2)cc1. The molecule has 2 saturated carbocycles. The van der Waals surface area contributed by atoms with Gasteiger partial charge in [-0.3, -0.25) is 9.69 Å². The molecular formula is C22H29N3OS. The van der Waals surface area contributed by atoms with Crippen molar-refractivity contribution in [3.8, 4) is 10.6 Å². The fourth-order valence-electron chi connectivity index (χ4n) is 3.99. The summed E-state index contributed by atoms with van der Waals surface area (Å²) in [7, 11) is 0. The second-order valence-electron chi connectivity index (χ2n) is 8.99. The van der Waals surface area contributed by atoms with Crippen LogP contribution in [-0.2, 0) is 10.2 Å². The molecule has 0 unspecified atom stereocenters. The molecule has 1 amide bonds. The topological polar surface area (TPSA) is 46.1 Å². The smallest absolute Gasteiger partial charge is 0.232 e. The lowest BCUT2D eigenvalue weighted by Crippen LogP contribution is -2.44. The van der Waals surface area contributed by atoms with E-state index in [-0.39, 0.29) is 17.2 Å². The molecule has 0 saturated heterocycles. The molecule has 1 aromatic heterocycles. The maximum Gasteiger partial charge on any atom is 0.232 e. The molecule has 27 heavy (non-hydrogen) atoms. The van der Waals surface area contributed by atoms with Gasteiger partial charge in [-0.2, -0.15) is 0 Å². The number of benzene rings is 1. The highest BCUT2D eigenvalue weighted by atomic mass is 32.1. The van der Waals surface area contributed by atoms with Gasteiger partial charge in [-0.15, -0.1) is 10.2 Å². The Labute approximate surface area is 166 Å². The summed E-state index contributed by atoms with van der Waals surface area (Å²) in [5.41, 5.74) is 2.53. The molecule has 144 valence electrons. The number of carbonyl (C=O) groups is 1. The number of rotatable bonds is 4. The quantitative estimate of drug-likeness (QED) is 0.692. The van der Waals surface area contributed by atoms with E-state index in [1.807, 2.05) is 4.90 Å². The molecule has 2 fully saturated rings. The van der Waals surface area contributed by atoms with E-state index in [0.717, 1.165) is 41.4 Å². The Morgan fingerprint density at radius 2 is 1.67 bits per heavy atom. The molecule has 0 spiro atoms. The van der Waals surface area contributed by atoms with Gasteiger partial charge >= 0.3 is 0 Å². The predicted molar refractivity (Wildman–Crippen MR) is 111 cm³/mol. The first-order chi connectivity index (χ1) is 12.9. The van der Waals surface area contributed by atoms with Crippen LogP contribution in [0.1, 0.15) is 71.3 Å². The summed E-state index contributed by atoms with van der Waals surface area (Å²) in [4.78, 5) is 15.1. The van der Waals surface area contributed by atoms with E-state index < -0.39 is 0 Å². The summed E-state index contributed by atoms with van der Waals surface area (Å²) in [6.07, 6.45) is 7.83. The number of amides is 1. The lowest BCUT2D eigenvalue weighted by atomic mass is 9.84. The molecule has 2 aromatic rings. The Bertz CT molecular complexity index is 796. The summed E-state index contributed by atoms with van der Waals surface area (Å²) in [6, 6.07) is 8.90. The summed E-state index contributed by atoms with van der Waals surface area (Å²) in [6.45, 7) is 6.66. The van der Waals surface area contributed by atoms with E-state index in [2.05, 4.69) is 55.2 Å². The van der Waals surface area contributed by atoms with E-state index in [1.165, 1.54) is 24.8 Å².